The third-order valence-corrected chi connectivity index (χ3v) is 4.14. The Hall–Kier alpha value is -1.06. The van der Waals surface area contributed by atoms with Gasteiger partial charge in [-0.15, -0.1) is 0 Å². The Morgan fingerprint density at radius 1 is 1.00 bits per heavy atom. The van der Waals surface area contributed by atoms with E-state index in [1.807, 2.05) is 0 Å². The number of fused-ring (bicyclic) bond motifs is 1. The van der Waals surface area contributed by atoms with Crippen molar-refractivity contribution in [1.82, 2.24) is 10.6 Å². The fraction of sp³-hybridized carbons (Fsp3) is 0.571. The molecule has 0 radical (unpaired) electrons. The maximum Gasteiger partial charge on any atom is 0.0362 e. The van der Waals surface area contributed by atoms with Gasteiger partial charge in [-0.05, 0) is 67.6 Å². The van der Waals surface area contributed by atoms with Gasteiger partial charge in [0.1, 0.15) is 0 Å². The summed E-state index contributed by atoms with van der Waals surface area (Å²) in [4.78, 5) is 0. The van der Waals surface area contributed by atoms with Crippen molar-refractivity contribution in [2.75, 3.05) is 25.4 Å². The zero-order valence-corrected chi connectivity index (χ0v) is 10.3. The van der Waals surface area contributed by atoms with Crippen molar-refractivity contribution < 1.29 is 0 Å². The molecule has 1 saturated heterocycles. The van der Waals surface area contributed by atoms with Crippen LogP contribution in [-0.2, 0) is 13.0 Å². The molecule has 17 heavy (non-hydrogen) atoms. The average molecular weight is 231 g/mol. The first-order valence-corrected chi connectivity index (χ1v) is 6.68. The molecule has 0 aromatic heterocycles. The fourth-order valence-electron chi connectivity index (χ4n) is 3.18. The zero-order chi connectivity index (χ0) is 11.7. The summed E-state index contributed by atoms with van der Waals surface area (Å²) in [6.45, 7) is 4.35. The minimum atomic E-state index is 0.740. The lowest BCUT2D eigenvalue weighted by atomic mass is 9.83. The molecule has 0 atom stereocenters. The number of hydrogen-bond acceptors (Lipinski definition) is 3. The van der Waals surface area contributed by atoms with Crippen molar-refractivity contribution in [3.05, 3.63) is 28.8 Å². The Morgan fingerprint density at radius 2 is 1.82 bits per heavy atom. The summed E-state index contributed by atoms with van der Waals surface area (Å²) in [5.74, 6) is 0.740. The minimum absolute atomic E-state index is 0.740. The number of hydrogen-bond donors (Lipinski definition) is 3. The van der Waals surface area contributed by atoms with Crippen molar-refractivity contribution >= 4 is 5.69 Å². The third-order valence-electron chi connectivity index (χ3n) is 4.14. The Balaban J connectivity index is 1.98. The first-order valence-electron chi connectivity index (χ1n) is 6.68. The van der Waals surface area contributed by atoms with Gasteiger partial charge in [0.15, 0.2) is 0 Å². The second-order valence-electron chi connectivity index (χ2n) is 5.15. The average Bonchev–Trinajstić information content (AvgIpc) is 2.41. The highest BCUT2D eigenvalue weighted by Gasteiger charge is 2.22. The molecule has 0 amide bonds. The molecule has 4 N–H and O–H groups in total. The van der Waals surface area contributed by atoms with E-state index in [1.54, 1.807) is 5.56 Å². The van der Waals surface area contributed by atoms with Crippen LogP contribution in [-0.4, -0.2) is 19.6 Å². The summed E-state index contributed by atoms with van der Waals surface area (Å²) >= 11 is 0. The van der Waals surface area contributed by atoms with Crippen LogP contribution in [0.4, 0.5) is 5.69 Å². The van der Waals surface area contributed by atoms with Crippen molar-refractivity contribution in [3.63, 3.8) is 0 Å². The van der Waals surface area contributed by atoms with E-state index in [4.69, 9.17) is 5.73 Å². The lowest BCUT2D eigenvalue weighted by Gasteiger charge is -2.29. The number of nitrogens with two attached hydrogens (primary N) is 1. The summed E-state index contributed by atoms with van der Waals surface area (Å²) in [5.41, 5.74) is 11.5. The maximum atomic E-state index is 6.09. The molecule has 3 heteroatoms. The number of anilines is 1. The van der Waals surface area contributed by atoms with Crippen molar-refractivity contribution in [1.29, 1.82) is 0 Å². The first kappa shape index (κ1) is 11.1. The highest BCUT2D eigenvalue weighted by atomic mass is 14.9. The van der Waals surface area contributed by atoms with Gasteiger partial charge in [0, 0.05) is 12.2 Å². The Kier molecular flexibility index (Phi) is 3.04. The largest absolute Gasteiger partial charge is 0.398 e. The number of piperidine rings is 1. The first-order chi connectivity index (χ1) is 8.36. The Morgan fingerprint density at radius 3 is 2.65 bits per heavy atom. The van der Waals surface area contributed by atoms with E-state index in [0.717, 1.165) is 44.2 Å². The van der Waals surface area contributed by atoms with Gasteiger partial charge < -0.3 is 16.4 Å². The van der Waals surface area contributed by atoms with Crippen LogP contribution in [0.1, 0.15) is 35.4 Å². The maximum absolute atomic E-state index is 6.09. The molecule has 1 aromatic rings. The zero-order valence-electron chi connectivity index (χ0n) is 10.3. The van der Waals surface area contributed by atoms with Gasteiger partial charge in [0.25, 0.3) is 0 Å². The lowest BCUT2D eigenvalue weighted by Crippen LogP contribution is -2.30. The van der Waals surface area contributed by atoms with Gasteiger partial charge in [0.2, 0.25) is 0 Å². The second kappa shape index (κ2) is 4.67. The van der Waals surface area contributed by atoms with E-state index in [1.165, 1.54) is 24.0 Å². The molecule has 0 bridgehead atoms. The predicted molar refractivity (Wildman–Crippen MR) is 71.1 cm³/mol. The number of rotatable bonds is 1. The van der Waals surface area contributed by atoms with Crippen LogP contribution in [0.25, 0.3) is 0 Å². The molecule has 2 aliphatic heterocycles. The van der Waals surface area contributed by atoms with Crippen LogP contribution in [0, 0.1) is 0 Å². The summed E-state index contributed by atoms with van der Waals surface area (Å²) in [6.07, 6.45) is 3.67. The molecule has 0 aliphatic carbocycles. The van der Waals surface area contributed by atoms with Crippen LogP contribution < -0.4 is 16.4 Å². The van der Waals surface area contributed by atoms with E-state index >= 15 is 0 Å². The Labute approximate surface area is 103 Å². The molecule has 2 heterocycles. The van der Waals surface area contributed by atoms with Crippen LogP contribution >= 0.6 is 0 Å². The SMILES string of the molecule is Nc1ccc(C2CCNCC2)c2c1CNCC2. The quantitative estimate of drug-likeness (QED) is 0.640. The predicted octanol–water partition coefficient (Wildman–Crippen LogP) is 1.38. The normalized spacial score (nSPS) is 21.2. The van der Waals surface area contributed by atoms with Crippen LogP contribution in [0.3, 0.4) is 0 Å². The molecule has 0 spiro atoms. The van der Waals surface area contributed by atoms with Gasteiger partial charge in [-0.25, -0.2) is 0 Å². The fourth-order valence-corrected chi connectivity index (χ4v) is 3.18. The van der Waals surface area contributed by atoms with Gasteiger partial charge in [-0.2, -0.15) is 0 Å². The third kappa shape index (κ3) is 2.05. The summed E-state index contributed by atoms with van der Waals surface area (Å²) < 4.78 is 0. The molecule has 1 fully saturated rings. The Bertz CT molecular complexity index is 408. The molecule has 92 valence electrons. The van der Waals surface area contributed by atoms with Crippen LogP contribution in [0.5, 0.6) is 0 Å². The highest BCUT2D eigenvalue weighted by molar-refractivity contribution is 5.55. The summed E-state index contributed by atoms with van der Waals surface area (Å²) in [7, 11) is 0. The summed E-state index contributed by atoms with van der Waals surface area (Å²) in [6, 6.07) is 4.37. The monoisotopic (exact) mass is 231 g/mol. The minimum Gasteiger partial charge on any atom is -0.398 e. The molecule has 0 saturated carbocycles. The van der Waals surface area contributed by atoms with Crippen molar-refractivity contribution in [2.24, 2.45) is 0 Å². The van der Waals surface area contributed by atoms with Crippen molar-refractivity contribution in [2.45, 2.75) is 31.7 Å². The van der Waals surface area contributed by atoms with E-state index in [9.17, 15) is 0 Å². The van der Waals surface area contributed by atoms with Gasteiger partial charge in [-0.3, -0.25) is 0 Å². The van der Waals surface area contributed by atoms with E-state index in [0.29, 0.717) is 0 Å². The van der Waals surface area contributed by atoms with Gasteiger partial charge in [0.05, 0.1) is 0 Å². The van der Waals surface area contributed by atoms with E-state index in [2.05, 4.69) is 22.8 Å². The standard InChI is InChI=1S/C14H21N3/c15-14-2-1-11(10-3-6-16-7-4-10)12-5-8-17-9-13(12)14/h1-2,10,16-17H,3-9,15H2. The lowest BCUT2D eigenvalue weighted by molar-refractivity contribution is 0.456. The smallest absolute Gasteiger partial charge is 0.0362 e. The molecule has 3 nitrogen and oxygen atoms in total. The molecular formula is C14H21N3. The molecule has 1 aromatic carbocycles. The topological polar surface area (TPSA) is 50.1 Å². The molecule has 2 aliphatic rings. The van der Waals surface area contributed by atoms with Gasteiger partial charge >= 0.3 is 0 Å². The molecular weight excluding hydrogens is 210 g/mol. The molecule has 3 rings (SSSR count). The van der Waals surface area contributed by atoms with Crippen LogP contribution in [0.2, 0.25) is 0 Å². The van der Waals surface area contributed by atoms with Gasteiger partial charge in [-0.1, -0.05) is 6.07 Å². The summed E-state index contributed by atoms with van der Waals surface area (Å²) in [5, 5.41) is 6.86. The molecule has 0 unspecified atom stereocenters. The number of nitrogen functional groups attached to an aromatic ring is 1. The number of benzene rings is 1. The van der Waals surface area contributed by atoms with E-state index in [-0.39, 0.29) is 0 Å². The highest BCUT2D eigenvalue weighted by Crippen LogP contribution is 2.33. The van der Waals surface area contributed by atoms with Crippen molar-refractivity contribution in [3.8, 4) is 0 Å². The number of nitrogens with one attached hydrogen (secondary N) is 2. The second-order valence-corrected chi connectivity index (χ2v) is 5.15. The van der Waals surface area contributed by atoms with E-state index < -0.39 is 0 Å². The van der Waals surface area contributed by atoms with Crippen LogP contribution in [0.15, 0.2) is 12.1 Å².